The summed E-state index contributed by atoms with van der Waals surface area (Å²) in [6, 6.07) is 0.237. The van der Waals surface area contributed by atoms with Gasteiger partial charge in [-0.3, -0.25) is 0 Å². The number of aromatic nitrogens is 4. The van der Waals surface area contributed by atoms with Crippen LogP contribution in [-0.2, 0) is 12.8 Å². The van der Waals surface area contributed by atoms with Crippen molar-refractivity contribution in [2.75, 3.05) is 7.05 Å². The Hall–Kier alpha value is -1.83. The van der Waals surface area contributed by atoms with Gasteiger partial charge < -0.3 is 9.84 Å². The molecule has 2 aromatic rings. The summed E-state index contributed by atoms with van der Waals surface area (Å²) in [6.07, 6.45) is 0.958. The first-order chi connectivity index (χ1) is 9.92. The van der Waals surface area contributed by atoms with E-state index >= 15 is 0 Å². The molecule has 0 saturated carbocycles. The smallest absolute Gasteiger partial charge is 0.333 e. The van der Waals surface area contributed by atoms with E-state index in [1.165, 1.54) is 0 Å². The van der Waals surface area contributed by atoms with E-state index in [-0.39, 0.29) is 6.04 Å². The predicted octanol–water partition coefficient (Wildman–Crippen LogP) is 2.02. The first kappa shape index (κ1) is 15.6. The van der Waals surface area contributed by atoms with Crippen molar-refractivity contribution in [2.45, 2.75) is 46.2 Å². The highest BCUT2D eigenvalue weighted by molar-refractivity contribution is 5.27. The molecular weight excluding hydrogens is 280 g/mol. The van der Waals surface area contributed by atoms with Crippen LogP contribution in [0.4, 0.5) is 8.78 Å². The second-order valence-corrected chi connectivity index (χ2v) is 5.05. The minimum Gasteiger partial charge on any atom is -0.339 e. The van der Waals surface area contributed by atoms with Crippen molar-refractivity contribution in [3.8, 4) is 0 Å². The maximum Gasteiger partial charge on any atom is 0.333 e. The SMILES string of the molecule is CNC(C)Cc1noc(Cc2c(C)nn(C(F)F)c2C)n1. The van der Waals surface area contributed by atoms with Crippen LogP contribution in [0.25, 0.3) is 0 Å². The number of alkyl halides is 2. The molecule has 0 saturated heterocycles. The summed E-state index contributed by atoms with van der Waals surface area (Å²) < 4.78 is 31.5. The van der Waals surface area contributed by atoms with Crippen LogP contribution in [0, 0.1) is 13.8 Å². The van der Waals surface area contributed by atoms with Crippen molar-refractivity contribution < 1.29 is 13.3 Å². The lowest BCUT2D eigenvalue weighted by Gasteiger charge is -2.04. The van der Waals surface area contributed by atoms with Crippen LogP contribution >= 0.6 is 0 Å². The highest BCUT2D eigenvalue weighted by atomic mass is 19.3. The van der Waals surface area contributed by atoms with Crippen LogP contribution in [0.1, 0.15) is 42.1 Å². The van der Waals surface area contributed by atoms with Gasteiger partial charge in [-0.05, 0) is 27.8 Å². The summed E-state index contributed by atoms with van der Waals surface area (Å²) in [7, 11) is 1.86. The zero-order valence-corrected chi connectivity index (χ0v) is 12.5. The minimum absolute atomic E-state index is 0.237. The van der Waals surface area contributed by atoms with E-state index in [0.717, 1.165) is 0 Å². The predicted molar refractivity (Wildman–Crippen MR) is 72.3 cm³/mol. The summed E-state index contributed by atoms with van der Waals surface area (Å²) >= 11 is 0. The third-order valence-electron chi connectivity index (χ3n) is 3.48. The maximum atomic E-state index is 12.8. The van der Waals surface area contributed by atoms with Gasteiger partial charge in [-0.15, -0.1) is 0 Å². The third kappa shape index (κ3) is 3.44. The molecule has 0 aliphatic rings. The molecule has 1 atom stereocenters. The molecule has 1 unspecified atom stereocenters. The summed E-state index contributed by atoms with van der Waals surface area (Å²) in [4.78, 5) is 4.29. The molecule has 2 aromatic heterocycles. The summed E-state index contributed by atoms with van der Waals surface area (Å²) in [5.74, 6) is 1.01. The van der Waals surface area contributed by atoms with Crippen molar-refractivity contribution in [1.29, 1.82) is 0 Å². The summed E-state index contributed by atoms with van der Waals surface area (Å²) in [5.41, 5.74) is 1.68. The zero-order valence-electron chi connectivity index (χ0n) is 12.5. The van der Waals surface area contributed by atoms with Gasteiger partial charge in [0.15, 0.2) is 5.82 Å². The van der Waals surface area contributed by atoms with E-state index in [1.54, 1.807) is 13.8 Å². The largest absolute Gasteiger partial charge is 0.339 e. The van der Waals surface area contributed by atoms with E-state index in [9.17, 15) is 8.78 Å². The van der Waals surface area contributed by atoms with Gasteiger partial charge in [-0.25, -0.2) is 4.68 Å². The fourth-order valence-corrected chi connectivity index (χ4v) is 2.11. The Morgan fingerprint density at radius 1 is 1.33 bits per heavy atom. The Balaban J connectivity index is 2.15. The van der Waals surface area contributed by atoms with E-state index in [1.807, 2.05) is 14.0 Å². The molecule has 6 nitrogen and oxygen atoms in total. The Morgan fingerprint density at radius 3 is 2.62 bits per heavy atom. The molecule has 8 heteroatoms. The van der Waals surface area contributed by atoms with Crippen LogP contribution in [0.5, 0.6) is 0 Å². The number of nitrogens with zero attached hydrogens (tertiary/aromatic N) is 4. The molecule has 0 bridgehead atoms. The van der Waals surface area contributed by atoms with Crippen molar-refractivity contribution in [3.63, 3.8) is 0 Å². The van der Waals surface area contributed by atoms with Crippen LogP contribution in [-0.4, -0.2) is 33.0 Å². The average molecular weight is 299 g/mol. The van der Waals surface area contributed by atoms with Crippen molar-refractivity contribution in [2.24, 2.45) is 0 Å². The molecule has 0 aliphatic carbocycles. The molecule has 0 fully saturated rings. The monoisotopic (exact) mass is 299 g/mol. The molecule has 21 heavy (non-hydrogen) atoms. The highest BCUT2D eigenvalue weighted by Crippen LogP contribution is 2.21. The van der Waals surface area contributed by atoms with Crippen LogP contribution in [0.2, 0.25) is 0 Å². The van der Waals surface area contributed by atoms with Gasteiger partial charge in [0.05, 0.1) is 12.1 Å². The Labute approximate surface area is 121 Å². The first-order valence-corrected chi connectivity index (χ1v) is 6.73. The van der Waals surface area contributed by atoms with Gasteiger partial charge in [0.2, 0.25) is 5.89 Å². The molecule has 0 amide bonds. The molecule has 0 aliphatic heterocycles. The van der Waals surface area contributed by atoms with Gasteiger partial charge >= 0.3 is 6.55 Å². The Kier molecular flexibility index (Phi) is 4.66. The third-order valence-corrected chi connectivity index (χ3v) is 3.48. The highest BCUT2D eigenvalue weighted by Gasteiger charge is 2.19. The number of rotatable bonds is 6. The fraction of sp³-hybridized carbons (Fsp3) is 0.615. The number of hydrogen-bond acceptors (Lipinski definition) is 5. The van der Waals surface area contributed by atoms with Crippen LogP contribution < -0.4 is 5.32 Å². The van der Waals surface area contributed by atoms with Gasteiger partial charge in [0, 0.05) is 23.7 Å². The number of halogens is 2. The molecule has 0 aromatic carbocycles. The second-order valence-electron chi connectivity index (χ2n) is 5.05. The van der Waals surface area contributed by atoms with Gasteiger partial charge in [0.25, 0.3) is 0 Å². The Bertz CT molecular complexity index is 608. The normalized spacial score (nSPS) is 13.1. The Morgan fingerprint density at radius 2 is 2.05 bits per heavy atom. The standard InChI is InChI=1S/C13H19F2N5O/c1-7(16-4)5-11-17-12(21-19-11)6-10-8(2)18-20(9(10)3)13(14)15/h7,13,16H,5-6H2,1-4H3. The number of nitrogens with one attached hydrogen (secondary N) is 1. The van der Waals surface area contributed by atoms with E-state index in [4.69, 9.17) is 4.52 Å². The maximum absolute atomic E-state index is 12.8. The molecule has 1 N–H and O–H groups in total. The van der Waals surface area contributed by atoms with E-state index in [0.29, 0.717) is 46.2 Å². The van der Waals surface area contributed by atoms with Gasteiger partial charge in [-0.2, -0.15) is 18.9 Å². The second kappa shape index (κ2) is 6.30. The lowest BCUT2D eigenvalue weighted by Crippen LogP contribution is -2.24. The fourth-order valence-electron chi connectivity index (χ4n) is 2.11. The molecule has 0 spiro atoms. The van der Waals surface area contributed by atoms with Crippen LogP contribution in [0.3, 0.4) is 0 Å². The zero-order chi connectivity index (χ0) is 15.6. The average Bonchev–Trinajstić information content (AvgIpc) is 2.98. The lowest BCUT2D eigenvalue weighted by atomic mass is 10.1. The lowest BCUT2D eigenvalue weighted by molar-refractivity contribution is 0.0540. The number of aryl methyl sites for hydroxylation is 1. The molecule has 116 valence electrons. The first-order valence-electron chi connectivity index (χ1n) is 6.73. The number of hydrogen-bond donors (Lipinski definition) is 1. The molecular formula is C13H19F2N5O. The van der Waals surface area contributed by atoms with E-state index in [2.05, 4.69) is 20.6 Å². The molecule has 2 rings (SSSR count). The van der Waals surface area contributed by atoms with E-state index < -0.39 is 6.55 Å². The topological polar surface area (TPSA) is 68.8 Å². The quantitative estimate of drug-likeness (QED) is 0.883. The molecule has 0 radical (unpaired) electrons. The summed E-state index contributed by atoms with van der Waals surface area (Å²) in [6.45, 7) is 2.67. The minimum atomic E-state index is -2.65. The van der Waals surface area contributed by atoms with Crippen molar-refractivity contribution in [1.82, 2.24) is 25.2 Å². The molecule has 2 heterocycles. The number of likely N-dealkylation sites (N-methyl/N-ethyl adjacent to an activating group) is 1. The summed E-state index contributed by atoms with van der Waals surface area (Å²) in [5, 5.41) is 10.8. The van der Waals surface area contributed by atoms with Gasteiger partial charge in [-0.1, -0.05) is 5.16 Å². The van der Waals surface area contributed by atoms with Crippen molar-refractivity contribution >= 4 is 0 Å². The van der Waals surface area contributed by atoms with Gasteiger partial charge in [0.1, 0.15) is 0 Å². The van der Waals surface area contributed by atoms with Crippen molar-refractivity contribution in [3.05, 3.63) is 28.7 Å². The van der Waals surface area contributed by atoms with Crippen LogP contribution in [0.15, 0.2) is 4.52 Å².